The predicted molar refractivity (Wildman–Crippen MR) is 97.2 cm³/mol. The summed E-state index contributed by atoms with van der Waals surface area (Å²) in [6, 6.07) is 5.54. The van der Waals surface area contributed by atoms with Crippen LogP contribution in [0.5, 0.6) is 5.75 Å². The third-order valence-corrected chi connectivity index (χ3v) is 4.09. The van der Waals surface area contributed by atoms with E-state index in [1.165, 1.54) is 18.2 Å². The first-order chi connectivity index (χ1) is 12.6. The number of benzene rings is 1. The van der Waals surface area contributed by atoms with E-state index in [1.54, 1.807) is 17.8 Å². The van der Waals surface area contributed by atoms with E-state index < -0.39 is 17.4 Å². The van der Waals surface area contributed by atoms with Gasteiger partial charge < -0.3 is 18.6 Å². The van der Waals surface area contributed by atoms with Crippen molar-refractivity contribution in [2.45, 2.75) is 0 Å². The molecule has 1 aromatic heterocycles. The molecule has 0 radical (unpaired) electrons. The van der Waals surface area contributed by atoms with Crippen LogP contribution in [0.2, 0.25) is 0 Å². The van der Waals surface area contributed by atoms with E-state index in [9.17, 15) is 14.0 Å². The summed E-state index contributed by atoms with van der Waals surface area (Å²) in [4.78, 5) is 22.3. The van der Waals surface area contributed by atoms with E-state index in [1.807, 2.05) is 0 Å². The summed E-state index contributed by atoms with van der Waals surface area (Å²) >= 11 is 1.59. The molecule has 2 rings (SSSR count). The second kappa shape index (κ2) is 10.6. The summed E-state index contributed by atoms with van der Waals surface area (Å²) in [7, 11) is 0. The molecule has 0 aliphatic heterocycles. The first-order valence-corrected chi connectivity index (χ1v) is 9.07. The van der Waals surface area contributed by atoms with Gasteiger partial charge in [0.05, 0.1) is 24.7 Å². The standard InChI is InChI=1S/C18H19FO6S/c1-2-16(20)24-9-11-26-10-8-22-6-7-23-15-12-17(21)25-18-13(15)4-3-5-14(18)19/h2-5,12H,1,6-11H2. The highest BCUT2D eigenvalue weighted by Crippen LogP contribution is 2.25. The van der Waals surface area contributed by atoms with Crippen LogP contribution in [-0.2, 0) is 14.3 Å². The molecular formula is C18H19FO6S. The monoisotopic (exact) mass is 382 g/mol. The van der Waals surface area contributed by atoms with Crippen molar-refractivity contribution in [1.82, 2.24) is 0 Å². The average Bonchev–Trinajstić information content (AvgIpc) is 2.63. The molecule has 0 atom stereocenters. The van der Waals surface area contributed by atoms with Crippen LogP contribution in [0.1, 0.15) is 0 Å². The van der Waals surface area contributed by atoms with Crippen molar-refractivity contribution >= 4 is 28.7 Å². The second-order valence-corrected chi connectivity index (χ2v) is 6.22. The summed E-state index contributed by atoms with van der Waals surface area (Å²) in [5.41, 5.74) is -0.795. The smallest absolute Gasteiger partial charge is 0.340 e. The maximum atomic E-state index is 13.7. The van der Waals surface area contributed by atoms with Crippen molar-refractivity contribution in [3.05, 3.63) is 53.2 Å². The van der Waals surface area contributed by atoms with E-state index in [2.05, 4.69) is 6.58 Å². The van der Waals surface area contributed by atoms with Gasteiger partial charge in [-0.05, 0) is 12.1 Å². The highest BCUT2D eigenvalue weighted by Gasteiger charge is 2.10. The minimum atomic E-state index is -0.674. The normalized spacial score (nSPS) is 10.7. The number of rotatable bonds is 11. The Labute approximate surface area is 153 Å². The topological polar surface area (TPSA) is 75.0 Å². The van der Waals surface area contributed by atoms with Gasteiger partial charge in [-0.15, -0.1) is 0 Å². The van der Waals surface area contributed by atoms with Gasteiger partial charge in [-0.1, -0.05) is 12.6 Å². The van der Waals surface area contributed by atoms with Crippen LogP contribution in [0.4, 0.5) is 4.39 Å². The number of carbonyl (C=O) groups is 1. The number of halogens is 1. The number of para-hydroxylation sites is 1. The van der Waals surface area contributed by atoms with Crippen LogP contribution in [0.15, 0.2) is 46.1 Å². The van der Waals surface area contributed by atoms with Gasteiger partial charge in [0, 0.05) is 17.6 Å². The molecule has 0 N–H and O–H groups in total. The minimum absolute atomic E-state index is 0.121. The molecule has 1 aromatic carbocycles. The molecule has 0 spiro atoms. The largest absolute Gasteiger partial charge is 0.490 e. The molecule has 0 fully saturated rings. The Morgan fingerprint density at radius 1 is 1.23 bits per heavy atom. The Kier molecular flexibility index (Phi) is 8.17. The molecule has 0 amide bonds. The molecule has 2 aromatic rings. The van der Waals surface area contributed by atoms with Gasteiger partial charge in [0.2, 0.25) is 0 Å². The molecule has 8 heteroatoms. The Bertz CT molecular complexity index is 804. The van der Waals surface area contributed by atoms with Crippen molar-refractivity contribution < 1.29 is 27.8 Å². The van der Waals surface area contributed by atoms with Crippen molar-refractivity contribution in [2.24, 2.45) is 0 Å². The summed E-state index contributed by atoms with van der Waals surface area (Å²) < 4.78 is 34.3. The van der Waals surface area contributed by atoms with Gasteiger partial charge in [-0.3, -0.25) is 0 Å². The Balaban J connectivity index is 1.66. The van der Waals surface area contributed by atoms with Gasteiger partial charge in [0.15, 0.2) is 11.4 Å². The molecule has 0 aliphatic rings. The van der Waals surface area contributed by atoms with E-state index in [-0.39, 0.29) is 17.9 Å². The predicted octanol–water partition coefficient (Wildman–Crippen LogP) is 2.79. The van der Waals surface area contributed by atoms with Gasteiger partial charge in [-0.2, -0.15) is 11.8 Å². The summed E-state index contributed by atoms with van der Waals surface area (Å²) in [5.74, 6) is 0.641. The van der Waals surface area contributed by atoms with E-state index in [0.717, 1.165) is 11.8 Å². The fourth-order valence-electron chi connectivity index (χ4n) is 2.03. The second-order valence-electron chi connectivity index (χ2n) is 4.99. The lowest BCUT2D eigenvalue weighted by Crippen LogP contribution is -2.11. The molecule has 0 bridgehead atoms. The van der Waals surface area contributed by atoms with E-state index in [0.29, 0.717) is 31.0 Å². The molecule has 140 valence electrons. The molecule has 26 heavy (non-hydrogen) atoms. The molecule has 1 heterocycles. The molecule has 0 saturated heterocycles. The van der Waals surface area contributed by atoms with Crippen LogP contribution in [0.25, 0.3) is 11.0 Å². The lowest BCUT2D eigenvalue weighted by atomic mass is 10.2. The third-order valence-electron chi connectivity index (χ3n) is 3.18. The number of thioether (sulfide) groups is 1. The highest BCUT2D eigenvalue weighted by molar-refractivity contribution is 7.99. The summed E-state index contributed by atoms with van der Waals surface area (Å²) in [6.45, 7) is 4.69. The molecule has 0 aliphatic carbocycles. The fourth-order valence-corrected chi connectivity index (χ4v) is 2.67. The van der Waals surface area contributed by atoms with Gasteiger partial charge in [0.1, 0.15) is 19.0 Å². The number of carbonyl (C=O) groups excluding carboxylic acids is 1. The van der Waals surface area contributed by atoms with E-state index >= 15 is 0 Å². The first-order valence-electron chi connectivity index (χ1n) is 7.91. The summed E-state index contributed by atoms with van der Waals surface area (Å²) in [6.07, 6.45) is 1.13. The zero-order valence-electron chi connectivity index (χ0n) is 14.1. The Morgan fingerprint density at radius 3 is 2.85 bits per heavy atom. The number of hydrogen-bond donors (Lipinski definition) is 0. The average molecular weight is 382 g/mol. The van der Waals surface area contributed by atoms with Crippen molar-refractivity contribution in [1.29, 1.82) is 0 Å². The van der Waals surface area contributed by atoms with Crippen LogP contribution < -0.4 is 10.4 Å². The van der Waals surface area contributed by atoms with Crippen molar-refractivity contribution in [3.63, 3.8) is 0 Å². The quantitative estimate of drug-likeness (QED) is 0.256. The maximum absolute atomic E-state index is 13.7. The van der Waals surface area contributed by atoms with Gasteiger partial charge in [-0.25, -0.2) is 14.0 Å². The zero-order chi connectivity index (χ0) is 18.8. The zero-order valence-corrected chi connectivity index (χ0v) is 14.9. The number of fused-ring (bicyclic) bond motifs is 1. The minimum Gasteiger partial charge on any atom is -0.490 e. The van der Waals surface area contributed by atoms with Crippen LogP contribution in [0.3, 0.4) is 0 Å². The van der Waals surface area contributed by atoms with Gasteiger partial charge >= 0.3 is 11.6 Å². The molecule has 6 nitrogen and oxygen atoms in total. The van der Waals surface area contributed by atoms with Crippen molar-refractivity contribution in [2.75, 3.05) is 37.9 Å². The van der Waals surface area contributed by atoms with E-state index in [4.69, 9.17) is 18.6 Å². The van der Waals surface area contributed by atoms with Crippen molar-refractivity contribution in [3.8, 4) is 5.75 Å². The third kappa shape index (κ3) is 6.20. The Hall–Kier alpha value is -2.32. The fraction of sp³-hybridized carbons (Fsp3) is 0.333. The number of esters is 1. The SMILES string of the molecule is C=CC(=O)OCCSCCOCCOc1cc(=O)oc2c(F)cccc12. The lowest BCUT2D eigenvalue weighted by molar-refractivity contribution is -0.137. The highest BCUT2D eigenvalue weighted by atomic mass is 32.2. The lowest BCUT2D eigenvalue weighted by Gasteiger charge is -2.09. The summed E-state index contributed by atoms with van der Waals surface area (Å²) in [5, 5.41) is 0.397. The van der Waals surface area contributed by atoms with Crippen LogP contribution >= 0.6 is 11.8 Å². The molecule has 0 saturated carbocycles. The number of ether oxygens (including phenoxy) is 3. The van der Waals surface area contributed by atoms with Crippen LogP contribution in [-0.4, -0.2) is 43.9 Å². The first kappa shape index (κ1) is 20.0. The molecular weight excluding hydrogens is 363 g/mol. The molecule has 0 unspecified atom stereocenters. The maximum Gasteiger partial charge on any atom is 0.340 e. The number of hydrogen-bond acceptors (Lipinski definition) is 7. The Morgan fingerprint density at radius 2 is 2.04 bits per heavy atom. The van der Waals surface area contributed by atoms with Gasteiger partial charge in [0.25, 0.3) is 0 Å². The van der Waals surface area contributed by atoms with Crippen LogP contribution in [0, 0.1) is 5.82 Å².